The van der Waals surface area contributed by atoms with Crippen molar-refractivity contribution >= 4 is 5.97 Å². The highest BCUT2D eigenvalue weighted by Crippen LogP contribution is 2.16. The summed E-state index contributed by atoms with van der Waals surface area (Å²) in [6, 6.07) is 5.06. The Kier molecular flexibility index (Phi) is 3.14. The fourth-order valence-corrected chi connectivity index (χ4v) is 0.962. The molecule has 0 spiro atoms. The van der Waals surface area contributed by atoms with Gasteiger partial charge in [-0.1, -0.05) is 17.9 Å². The van der Waals surface area contributed by atoms with Crippen molar-refractivity contribution in [2.45, 2.75) is 13.3 Å². The second kappa shape index (κ2) is 4.33. The number of benzene rings is 1. The molecular weight excluding hydrogens is 180 g/mol. The number of carbonyl (C=O) groups is 1. The van der Waals surface area contributed by atoms with Gasteiger partial charge in [-0.25, -0.2) is 0 Å². The van der Waals surface area contributed by atoms with Crippen LogP contribution in [0.5, 0.6) is 5.75 Å². The van der Waals surface area contributed by atoms with Gasteiger partial charge in [-0.15, -0.1) is 0 Å². The first-order valence-electron chi connectivity index (χ1n) is 4.10. The normalized spacial score (nSPS) is 8.93. The van der Waals surface area contributed by atoms with Crippen molar-refractivity contribution in [3.8, 4) is 17.6 Å². The molecule has 1 aromatic carbocycles. The Morgan fingerprint density at radius 2 is 2.21 bits per heavy atom. The average Bonchev–Trinajstić information content (AvgIpc) is 2.08. The molecule has 0 radical (unpaired) electrons. The Morgan fingerprint density at radius 3 is 2.79 bits per heavy atom. The Balaban J connectivity index is 2.85. The number of aryl methyl sites for hydroxylation is 1. The van der Waals surface area contributed by atoms with Crippen LogP contribution in [0.3, 0.4) is 0 Å². The van der Waals surface area contributed by atoms with Gasteiger partial charge in [0.1, 0.15) is 12.2 Å². The van der Waals surface area contributed by atoms with Crippen molar-refractivity contribution in [2.75, 3.05) is 0 Å². The van der Waals surface area contributed by atoms with Crippen LogP contribution < -0.4 is 0 Å². The fraction of sp³-hybridized carbons (Fsp3) is 0.182. The van der Waals surface area contributed by atoms with Crippen molar-refractivity contribution in [3.05, 3.63) is 29.3 Å². The summed E-state index contributed by atoms with van der Waals surface area (Å²) in [5.41, 5.74) is 1.39. The summed E-state index contributed by atoms with van der Waals surface area (Å²) in [6.45, 7) is 1.86. The molecule has 0 unspecified atom stereocenters. The second-order valence-corrected chi connectivity index (χ2v) is 2.89. The molecule has 0 aromatic heterocycles. The Bertz CT molecular complexity index is 410. The van der Waals surface area contributed by atoms with Crippen LogP contribution in [-0.2, 0) is 4.79 Å². The molecule has 0 saturated carbocycles. The highest BCUT2D eigenvalue weighted by molar-refractivity contribution is 5.70. The van der Waals surface area contributed by atoms with E-state index in [1.165, 1.54) is 0 Å². The molecule has 0 aliphatic heterocycles. The minimum atomic E-state index is -0.968. The number of hydrogen-bond donors (Lipinski definition) is 2. The van der Waals surface area contributed by atoms with Gasteiger partial charge in [-0.2, -0.15) is 0 Å². The zero-order valence-corrected chi connectivity index (χ0v) is 7.74. The van der Waals surface area contributed by atoms with E-state index in [2.05, 4.69) is 11.8 Å². The first-order valence-corrected chi connectivity index (χ1v) is 4.10. The van der Waals surface area contributed by atoms with E-state index in [1.807, 2.05) is 13.0 Å². The molecule has 0 saturated heterocycles. The van der Waals surface area contributed by atoms with Gasteiger partial charge in [0.05, 0.1) is 5.56 Å². The number of rotatable bonds is 1. The molecule has 0 atom stereocenters. The van der Waals surface area contributed by atoms with E-state index in [0.717, 1.165) is 5.56 Å². The summed E-state index contributed by atoms with van der Waals surface area (Å²) in [6.07, 6.45) is -0.215. The number of phenols is 1. The molecule has 14 heavy (non-hydrogen) atoms. The lowest BCUT2D eigenvalue weighted by molar-refractivity contribution is -0.135. The lowest BCUT2D eigenvalue weighted by Gasteiger charge is -1.97. The zero-order valence-electron chi connectivity index (χ0n) is 7.74. The highest BCUT2D eigenvalue weighted by atomic mass is 16.4. The first kappa shape index (κ1) is 10.1. The van der Waals surface area contributed by atoms with E-state index in [0.29, 0.717) is 5.56 Å². The summed E-state index contributed by atoms with van der Waals surface area (Å²) in [7, 11) is 0. The maximum absolute atomic E-state index is 10.2. The number of phenolic OH excluding ortho intramolecular Hbond substituents is 1. The van der Waals surface area contributed by atoms with E-state index in [9.17, 15) is 9.90 Å². The van der Waals surface area contributed by atoms with Crippen LogP contribution >= 0.6 is 0 Å². The van der Waals surface area contributed by atoms with E-state index < -0.39 is 5.97 Å². The van der Waals surface area contributed by atoms with E-state index in [1.54, 1.807) is 12.1 Å². The third kappa shape index (κ3) is 2.83. The number of hydrogen-bond acceptors (Lipinski definition) is 2. The number of carboxylic acid groups (broad SMARTS) is 1. The highest BCUT2D eigenvalue weighted by Gasteiger charge is 1.96. The van der Waals surface area contributed by atoms with E-state index >= 15 is 0 Å². The van der Waals surface area contributed by atoms with Gasteiger partial charge in [-0.3, -0.25) is 4.79 Å². The minimum Gasteiger partial charge on any atom is -0.507 e. The predicted molar refractivity (Wildman–Crippen MR) is 52.0 cm³/mol. The van der Waals surface area contributed by atoms with Crippen LogP contribution in [0.25, 0.3) is 0 Å². The van der Waals surface area contributed by atoms with Gasteiger partial charge >= 0.3 is 5.97 Å². The van der Waals surface area contributed by atoms with Crippen LogP contribution in [0.1, 0.15) is 17.5 Å². The quantitative estimate of drug-likeness (QED) is 0.660. The third-order valence-electron chi connectivity index (χ3n) is 1.62. The van der Waals surface area contributed by atoms with Gasteiger partial charge in [0.15, 0.2) is 0 Å². The van der Waals surface area contributed by atoms with Crippen LogP contribution in [-0.4, -0.2) is 16.2 Å². The third-order valence-corrected chi connectivity index (χ3v) is 1.62. The van der Waals surface area contributed by atoms with Crippen LogP contribution in [0.4, 0.5) is 0 Å². The van der Waals surface area contributed by atoms with Gasteiger partial charge in [0.2, 0.25) is 0 Å². The largest absolute Gasteiger partial charge is 0.507 e. The number of aromatic hydroxyl groups is 1. The van der Waals surface area contributed by atoms with Gasteiger partial charge in [0.25, 0.3) is 0 Å². The lowest BCUT2D eigenvalue weighted by atomic mass is 10.1. The van der Waals surface area contributed by atoms with Crippen molar-refractivity contribution in [1.82, 2.24) is 0 Å². The molecule has 0 amide bonds. The lowest BCUT2D eigenvalue weighted by Crippen LogP contribution is -1.90. The summed E-state index contributed by atoms with van der Waals surface area (Å²) >= 11 is 0. The minimum absolute atomic E-state index is 0.0860. The van der Waals surface area contributed by atoms with Gasteiger partial charge < -0.3 is 10.2 Å². The fourth-order valence-electron chi connectivity index (χ4n) is 0.962. The summed E-state index contributed by atoms with van der Waals surface area (Å²) in [5.74, 6) is 4.16. The number of carboxylic acids is 1. The predicted octanol–water partition coefficient (Wildman–Crippen LogP) is 1.53. The molecule has 0 bridgehead atoms. The molecule has 0 fully saturated rings. The van der Waals surface area contributed by atoms with E-state index in [4.69, 9.17) is 5.11 Å². The maximum Gasteiger partial charge on any atom is 0.315 e. The van der Waals surface area contributed by atoms with Crippen LogP contribution in [0.15, 0.2) is 18.2 Å². The molecule has 0 aliphatic carbocycles. The molecule has 0 aliphatic rings. The molecule has 1 aromatic rings. The second-order valence-electron chi connectivity index (χ2n) is 2.89. The summed E-state index contributed by atoms with van der Waals surface area (Å²) < 4.78 is 0. The van der Waals surface area contributed by atoms with Crippen LogP contribution in [0, 0.1) is 18.8 Å². The Morgan fingerprint density at radius 1 is 1.50 bits per heavy atom. The molecule has 2 N–H and O–H groups in total. The van der Waals surface area contributed by atoms with Crippen molar-refractivity contribution in [2.24, 2.45) is 0 Å². The molecule has 3 heteroatoms. The molecular formula is C11H10O3. The monoisotopic (exact) mass is 190 g/mol. The van der Waals surface area contributed by atoms with E-state index in [-0.39, 0.29) is 12.2 Å². The molecule has 3 nitrogen and oxygen atoms in total. The maximum atomic E-state index is 10.2. The van der Waals surface area contributed by atoms with Crippen molar-refractivity contribution in [3.63, 3.8) is 0 Å². The Hall–Kier alpha value is -1.95. The van der Waals surface area contributed by atoms with Crippen LogP contribution in [0.2, 0.25) is 0 Å². The molecule has 72 valence electrons. The van der Waals surface area contributed by atoms with Crippen molar-refractivity contribution < 1.29 is 15.0 Å². The zero-order chi connectivity index (χ0) is 10.6. The summed E-state index contributed by atoms with van der Waals surface area (Å²) in [5, 5.41) is 17.7. The average molecular weight is 190 g/mol. The Labute approximate surface area is 82.0 Å². The summed E-state index contributed by atoms with van der Waals surface area (Å²) in [4.78, 5) is 10.2. The number of aliphatic carboxylic acids is 1. The van der Waals surface area contributed by atoms with Gasteiger partial charge in [-0.05, 0) is 24.6 Å². The topological polar surface area (TPSA) is 57.5 Å². The SMILES string of the molecule is Cc1ccc(C#CCC(=O)O)c(O)c1. The molecule has 0 heterocycles. The standard InChI is InChI=1S/C11H10O3/c1-8-5-6-9(10(12)7-8)3-2-4-11(13)14/h5-7,12H,4H2,1H3,(H,13,14). The first-order chi connectivity index (χ1) is 6.59. The molecule has 1 rings (SSSR count). The smallest absolute Gasteiger partial charge is 0.315 e. The van der Waals surface area contributed by atoms with Gasteiger partial charge in [0, 0.05) is 0 Å². The van der Waals surface area contributed by atoms with Crippen molar-refractivity contribution in [1.29, 1.82) is 0 Å².